The molecule has 0 bridgehead atoms. The van der Waals surface area contributed by atoms with Crippen LogP contribution in [0.15, 0.2) is 36.4 Å². The van der Waals surface area contributed by atoms with Gasteiger partial charge in [0.2, 0.25) is 0 Å². The molecule has 0 amide bonds. The zero-order chi connectivity index (χ0) is 15.2. The number of ether oxygens (including phenoxy) is 1. The van der Waals surface area contributed by atoms with Crippen molar-refractivity contribution in [2.75, 3.05) is 11.9 Å². The van der Waals surface area contributed by atoms with Crippen LogP contribution in [0.5, 0.6) is 5.75 Å². The number of benzene rings is 2. The van der Waals surface area contributed by atoms with Crippen molar-refractivity contribution in [3.05, 3.63) is 57.0 Å². The van der Waals surface area contributed by atoms with Crippen LogP contribution in [0.25, 0.3) is 0 Å². The predicted molar refractivity (Wildman–Crippen MR) is 91.0 cm³/mol. The topological polar surface area (TPSA) is 21.3 Å². The molecule has 2 aromatic carbocycles. The fourth-order valence-corrected chi connectivity index (χ4v) is 2.44. The molecule has 0 fully saturated rings. The van der Waals surface area contributed by atoms with E-state index in [0.717, 1.165) is 17.7 Å². The van der Waals surface area contributed by atoms with Crippen molar-refractivity contribution in [3.8, 4) is 5.75 Å². The van der Waals surface area contributed by atoms with Gasteiger partial charge in [0, 0.05) is 12.2 Å². The Hall–Kier alpha value is -1.09. The summed E-state index contributed by atoms with van der Waals surface area (Å²) in [5.41, 5.74) is 1.84. The zero-order valence-corrected chi connectivity index (χ0v) is 13.9. The summed E-state index contributed by atoms with van der Waals surface area (Å²) in [5, 5.41) is 4.98. The van der Waals surface area contributed by atoms with Crippen LogP contribution in [-0.2, 0) is 6.54 Å². The molecule has 2 aromatic rings. The minimum Gasteiger partial charge on any atom is -0.492 e. The lowest BCUT2D eigenvalue weighted by atomic mass is 10.2. The van der Waals surface area contributed by atoms with Gasteiger partial charge in [-0.05, 0) is 36.2 Å². The van der Waals surface area contributed by atoms with Crippen molar-refractivity contribution in [2.24, 2.45) is 0 Å². The highest BCUT2D eigenvalue weighted by molar-refractivity contribution is 6.42. The number of hydrogen-bond acceptors (Lipinski definition) is 2. The van der Waals surface area contributed by atoms with Crippen LogP contribution in [0.3, 0.4) is 0 Å². The predicted octanol–water partition coefficient (Wildman–Crippen LogP) is 6.05. The van der Waals surface area contributed by atoms with Crippen LogP contribution in [0, 0.1) is 0 Å². The summed E-state index contributed by atoms with van der Waals surface area (Å²) < 4.78 is 5.54. The normalized spacial score (nSPS) is 10.5. The van der Waals surface area contributed by atoms with E-state index >= 15 is 0 Å². The van der Waals surface area contributed by atoms with Gasteiger partial charge in [0.25, 0.3) is 0 Å². The Kier molecular flexibility index (Phi) is 6.04. The minimum atomic E-state index is 0.553. The van der Waals surface area contributed by atoms with E-state index in [4.69, 9.17) is 39.5 Å². The van der Waals surface area contributed by atoms with Crippen LogP contribution in [0.1, 0.15) is 18.9 Å². The van der Waals surface area contributed by atoms with E-state index < -0.39 is 0 Å². The molecule has 0 saturated carbocycles. The van der Waals surface area contributed by atoms with E-state index in [2.05, 4.69) is 12.2 Å². The average molecular weight is 345 g/mol. The van der Waals surface area contributed by atoms with Crippen LogP contribution in [0.4, 0.5) is 5.69 Å². The zero-order valence-electron chi connectivity index (χ0n) is 11.6. The van der Waals surface area contributed by atoms with Gasteiger partial charge in [-0.2, -0.15) is 0 Å². The summed E-state index contributed by atoms with van der Waals surface area (Å²) in [4.78, 5) is 0. The molecule has 0 aliphatic rings. The molecule has 0 spiro atoms. The van der Waals surface area contributed by atoms with Crippen LogP contribution < -0.4 is 10.1 Å². The molecule has 5 heteroatoms. The molecule has 2 nitrogen and oxygen atoms in total. The number of halogens is 3. The maximum atomic E-state index is 6.19. The van der Waals surface area contributed by atoms with Crippen molar-refractivity contribution in [1.82, 2.24) is 0 Å². The summed E-state index contributed by atoms with van der Waals surface area (Å²) in [6.07, 6.45) is 0.948. The first-order valence-electron chi connectivity index (χ1n) is 6.71. The summed E-state index contributed by atoms with van der Waals surface area (Å²) in [7, 11) is 0. The van der Waals surface area contributed by atoms with Crippen molar-refractivity contribution in [3.63, 3.8) is 0 Å². The van der Waals surface area contributed by atoms with Gasteiger partial charge in [-0.15, -0.1) is 0 Å². The average Bonchev–Trinajstić information content (AvgIpc) is 2.48. The van der Waals surface area contributed by atoms with Crippen LogP contribution >= 0.6 is 34.8 Å². The van der Waals surface area contributed by atoms with E-state index in [9.17, 15) is 0 Å². The lowest BCUT2D eigenvalue weighted by molar-refractivity contribution is 0.317. The Balaban J connectivity index is 2.03. The Morgan fingerprint density at radius 3 is 2.57 bits per heavy atom. The fourth-order valence-electron chi connectivity index (χ4n) is 1.82. The molecule has 112 valence electrons. The van der Waals surface area contributed by atoms with Gasteiger partial charge < -0.3 is 10.1 Å². The molecule has 2 rings (SSSR count). The summed E-state index contributed by atoms with van der Waals surface area (Å²) in [5.74, 6) is 0.699. The molecule has 0 unspecified atom stereocenters. The third kappa shape index (κ3) is 4.44. The maximum Gasteiger partial charge on any atom is 0.138 e. The van der Waals surface area contributed by atoms with Gasteiger partial charge in [-0.1, -0.05) is 53.9 Å². The van der Waals surface area contributed by atoms with E-state index in [0.29, 0.717) is 34.0 Å². The number of anilines is 1. The monoisotopic (exact) mass is 343 g/mol. The van der Waals surface area contributed by atoms with Gasteiger partial charge in [-0.3, -0.25) is 0 Å². The molecule has 0 radical (unpaired) electrons. The fraction of sp³-hybridized carbons (Fsp3) is 0.250. The summed E-state index contributed by atoms with van der Waals surface area (Å²) in [6, 6.07) is 11.2. The van der Waals surface area contributed by atoms with Crippen molar-refractivity contribution >= 4 is 40.5 Å². The van der Waals surface area contributed by atoms with Crippen molar-refractivity contribution < 1.29 is 4.74 Å². The standard InChI is InChI=1S/C16H16Cl3NO/c1-2-8-21-15-7-6-12(9-14(15)18)20-10-11-4-3-5-13(17)16(11)19/h3-7,9,20H,2,8,10H2,1H3. The van der Waals surface area contributed by atoms with Gasteiger partial charge in [0.05, 0.1) is 21.7 Å². The van der Waals surface area contributed by atoms with E-state index in [-0.39, 0.29) is 0 Å². The summed E-state index contributed by atoms with van der Waals surface area (Å²) >= 11 is 18.3. The number of hydrogen-bond donors (Lipinski definition) is 1. The Morgan fingerprint density at radius 2 is 1.86 bits per heavy atom. The third-order valence-corrected chi connectivity index (χ3v) is 4.06. The summed E-state index contributed by atoms with van der Waals surface area (Å²) in [6.45, 7) is 3.29. The first kappa shape index (κ1) is 16.3. The second kappa shape index (κ2) is 7.79. The second-order valence-electron chi connectivity index (χ2n) is 4.56. The molecule has 0 aromatic heterocycles. The van der Waals surface area contributed by atoms with Gasteiger partial charge >= 0.3 is 0 Å². The molecule has 1 N–H and O–H groups in total. The van der Waals surface area contributed by atoms with Crippen molar-refractivity contribution in [1.29, 1.82) is 0 Å². The number of rotatable bonds is 6. The molecular formula is C16H16Cl3NO. The first-order chi connectivity index (χ1) is 10.1. The highest BCUT2D eigenvalue weighted by Gasteiger charge is 2.06. The lowest BCUT2D eigenvalue weighted by Gasteiger charge is -2.11. The Morgan fingerprint density at radius 1 is 1.05 bits per heavy atom. The second-order valence-corrected chi connectivity index (χ2v) is 5.75. The van der Waals surface area contributed by atoms with Crippen molar-refractivity contribution in [2.45, 2.75) is 19.9 Å². The van der Waals surface area contributed by atoms with E-state index in [1.54, 1.807) is 6.07 Å². The van der Waals surface area contributed by atoms with Gasteiger partial charge in [-0.25, -0.2) is 0 Å². The molecule has 0 aliphatic carbocycles. The molecule has 0 heterocycles. The maximum absolute atomic E-state index is 6.19. The largest absolute Gasteiger partial charge is 0.492 e. The van der Waals surface area contributed by atoms with Gasteiger partial charge in [0.1, 0.15) is 5.75 Å². The van der Waals surface area contributed by atoms with Crippen LogP contribution in [0.2, 0.25) is 15.1 Å². The van der Waals surface area contributed by atoms with Gasteiger partial charge in [0.15, 0.2) is 0 Å². The highest BCUT2D eigenvalue weighted by atomic mass is 35.5. The molecule has 21 heavy (non-hydrogen) atoms. The number of nitrogens with one attached hydrogen (secondary N) is 1. The van der Waals surface area contributed by atoms with E-state index in [1.807, 2.05) is 30.3 Å². The first-order valence-corrected chi connectivity index (χ1v) is 7.84. The Labute approximate surface area is 140 Å². The molecule has 0 atom stereocenters. The highest BCUT2D eigenvalue weighted by Crippen LogP contribution is 2.29. The minimum absolute atomic E-state index is 0.553. The molecule has 0 saturated heterocycles. The Bertz CT molecular complexity index is 616. The SMILES string of the molecule is CCCOc1ccc(NCc2cccc(Cl)c2Cl)cc1Cl. The molecular weight excluding hydrogens is 329 g/mol. The quantitative estimate of drug-likeness (QED) is 0.689. The lowest BCUT2D eigenvalue weighted by Crippen LogP contribution is -2.01. The molecule has 0 aliphatic heterocycles. The third-order valence-electron chi connectivity index (χ3n) is 2.91. The smallest absolute Gasteiger partial charge is 0.138 e. The van der Waals surface area contributed by atoms with E-state index in [1.165, 1.54) is 0 Å². The van der Waals surface area contributed by atoms with Crippen LogP contribution in [-0.4, -0.2) is 6.61 Å².